The van der Waals surface area contributed by atoms with E-state index in [0.29, 0.717) is 5.88 Å². The van der Waals surface area contributed by atoms with Crippen molar-refractivity contribution in [1.29, 1.82) is 0 Å². The number of anilines is 1. The molecule has 2 rings (SSSR count). The molecule has 0 aliphatic carbocycles. The highest BCUT2D eigenvalue weighted by molar-refractivity contribution is 5.61. The number of hydrogen-bond donors (Lipinski definition) is 1. The number of nitro groups is 1. The predicted octanol–water partition coefficient (Wildman–Crippen LogP) is 2.40. The molecule has 8 heteroatoms. The van der Waals surface area contributed by atoms with Crippen LogP contribution in [-0.4, -0.2) is 21.8 Å². The van der Waals surface area contributed by atoms with Gasteiger partial charge in [-0.1, -0.05) is 0 Å². The van der Waals surface area contributed by atoms with Crippen LogP contribution in [0.1, 0.15) is 11.3 Å². The molecule has 21 heavy (non-hydrogen) atoms. The van der Waals surface area contributed by atoms with E-state index >= 15 is 0 Å². The summed E-state index contributed by atoms with van der Waals surface area (Å²) in [5, 5.41) is 18.0. The highest BCUT2D eigenvalue weighted by atomic mass is 19.1. The van der Waals surface area contributed by atoms with Crippen molar-refractivity contribution in [2.45, 2.75) is 13.5 Å². The van der Waals surface area contributed by atoms with E-state index in [0.717, 1.165) is 29.5 Å². The molecule has 0 aliphatic rings. The van der Waals surface area contributed by atoms with Crippen LogP contribution in [0.5, 0.6) is 5.88 Å². The number of methoxy groups -OCH3 is 1. The summed E-state index contributed by atoms with van der Waals surface area (Å²) in [6.45, 7) is 2.05. The molecule has 0 aliphatic heterocycles. The number of nitrogens with one attached hydrogen (secondary N) is 1. The molecule has 0 atom stereocenters. The van der Waals surface area contributed by atoms with Crippen LogP contribution in [0.3, 0.4) is 0 Å². The molecule has 1 N–H and O–H groups in total. The molecule has 0 fully saturated rings. The van der Waals surface area contributed by atoms with Gasteiger partial charge in [0, 0.05) is 25.7 Å². The first kappa shape index (κ1) is 14.8. The van der Waals surface area contributed by atoms with E-state index in [1.54, 1.807) is 18.7 Å². The maximum atomic E-state index is 13.3. The second kappa shape index (κ2) is 5.78. The molecule has 0 radical (unpaired) electrons. The van der Waals surface area contributed by atoms with Crippen molar-refractivity contribution >= 4 is 11.4 Å². The van der Waals surface area contributed by atoms with Gasteiger partial charge >= 0.3 is 0 Å². The molecular formula is C13H15FN4O3. The first-order valence-electron chi connectivity index (χ1n) is 6.18. The van der Waals surface area contributed by atoms with Crippen LogP contribution >= 0.6 is 0 Å². The van der Waals surface area contributed by atoms with Crippen LogP contribution in [0.4, 0.5) is 15.8 Å². The molecule has 1 aromatic heterocycles. The first-order chi connectivity index (χ1) is 9.93. The normalized spacial score (nSPS) is 10.5. The molecule has 112 valence electrons. The number of benzene rings is 1. The van der Waals surface area contributed by atoms with Crippen molar-refractivity contribution in [2.75, 3.05) is 12.4 Å². The maximum Gasteiger partial charge on any atom is 0.292 e. The largest absolute Gasteiger partial charge is 0.481 e. The van der Waals surface area contributed by atoms with Gasteiger partial charge in [-0.15, -0.1) is 0 Å². The Labute approximate surface area is 120 Å². The fourth-order valence-corrected chi connectivity index (χ4v) is 2.13. The summed E-state index contributed by atoms with van der Waals surface area (Å²) in [6, 6.07) is 3.28. The Kier molecular flexibility index (Phi) is 4.06. The van der Waals surface area contributed by atoms with Crippen LogP contribution in [0.15, 0.2) is 18.2 Å². The van der Waals surface area contributed by atoms with Gasteiger partial charge in [0.05, 0.1) is 23.3 Å². The summed E-state index contributed by atoms with van der Waals surface area (Å²) in [5.41, 5.74) is 1.43. The highest BCUT2D eigenvalue weighted by Gasteiger charge is 2.17. The lowest BCUT2D eigenvalue weighted by atomic mass is 10.2. The Balaban J connectivity index is 2.28. The fraction of sp³-hybridized carbons (Fsp3) is 0.308. The van der Waals surface area contributed by atoms with Crippen molar-refractivity contribution in [1.82, 2.24) is 9.78 Å². The minimum absolute atomic E-state index is 0.116. The third kappa shape index (κ3) is 2.93. The number of rotatable bonds is 5. The summed E-state index contributed by atoms with van der Waals surface area (Å²) in [6.07, 6.45) is 0. The molecule has 0 bridgehead atoms. The number of nitro benzene ring substituents is 1. The van der Waals surface area contributed by atoms with Crippen LogP contribution in [0.25, 0.3) is 0 Å². The third-order valence-corrected chi connectivity index (χ3v) is 3.09. The average Bonchev–Trinajstić information content (AvgIpc) is 2.69. The van der Waals surface area contributed by atoms with Crippen molar-refractivity contribution in [3.05, 3.63) is 45.4 Å². The fourth-order valence-electron chi connectivity index (χ4n) is 2.13. The van der Waals surface area contributed by atoms with Gasteiger partial charge in [0.2, 0.25) is 5.88 Å². The van der Waals surface area contributed by atoms with Crippen molar-refractivity contribution < 1.29 is 14.1 Å². The number of aryl methyl sites for hydroxylation is 2. The van der Waals surface area contributed by atoms with Crippen molar-refractivity contribution in [3.63, 3.8) is 0 Å². The minimum atomic E-state index is -0.560. The molecule has 2 aromatic rings. The van der Waals surface area contributed by atoms with Gasteiger partial charge in [-0.3, -0.25) is 10.1 Å². The number of ether oxygens (including phenoxy) is 1. The molecule has 0 unspecified atom stereocenters. The number of aromatic nitrogens is 2. The Bertz CT molecular complexity index is 684. The monoisotopic (exact) mass is 294 g/mol. The van der Waals surface area contributed by atoms with E-state index in [-0.39, 0.29) is 17.9 Å². The lowest BCUT2D eigenvalue weighted by Gasteiger charge is -2.08. The van der Waals surface area contributed by atoms with Gasteiger partial charge in [-0.25, -0.2) is 9.07 Å². The molecule has 0 spiro atoms. The van der Waals surface area contributed by atoms with Gasteiger partial charge < -0.3 is 10.1 Å². The SMILES string of the molecule is COc1c(CNc2cc(F)ccc2[N+](=O)[O-])c(C)nn1C. The van der Waals surface area contributed by atoms with E-state index in [1.165, 1.54) is 7.11 Å². The highest BCUT2D eigenvalue weighted by Crippen LogP contribution is 2.27. The van der Waals surface area contributed by atoms with Gasteiger partial charge in [0.15, 0.2) is 0 Å². The van der Waals surface area contributed by atoms with Crippen molar-refractivity contribution in [2.24, 2.45) is 7.05 Å². The zero-order chi connectivity index (χ0) is 15.6. The summed E-state index contributed by atoms with van der Waals surface area (Å²) in [7, 11) is 3.25. The zero-order valence-corrected chi connectivity index (χ0v) is 11.9. The molecular weight excluding hydrogens is 279 g/mol. The second-order valence-corrected chi connectivity index (χ2v) is 4.47. The number of hydrogen-bond acceptors (Lipinski definition) is 5. The minimum Gasteiger partial charge on any atom is -0.481 e. The molecule has 1 aromatic carbocycles. The van der Waals surface area contributed by atoms with E-state index < -0.39 is 10.7 Å². The quantitative estimate of drug-likeness (QED) is 0.676. The molecule has 7 nitrogen and oxygen atoms in total. The lowest BCUT2D eigenvalue weighted by Crippen LogP contribution is -2.05. The number of nitrogens with zero attached hydrogens (tertiary/aromatic N) is 3. The molecule has 0 saturated carbocycles. The standard InChI is InChI=1S/C13H15FN4O3/c1-8-10(13(21-3)17(2)16-8)7-15-11-6-9(14)4-5-12(11)18(19)20/h4-6,15H,7H2,1-3H3. The van der Waals surface area contributed by atoms with E-state index in [2.05, 4.69) is 10.4 Å². The lowest BCUT2D eigenvalue weighted by molar-refractivity contribution is -0.384. The number of halogens is 1. The molecule has 0 amide bonds. The predicted molar refractivity (Wildman–Crippen MR) is 74.9 cm³/mol. The maximum absolute atomic E-state index is 13.3. The Morgan fingerprint density at radius 2 is 2.24 bits per heavy atom. The summed E-state index contributed by atoms with van der Waals surface area (Å²) >= 11 is 0. The summed E-state index contributed by atoms with van der Waals surface area (Å²) < 4.78 is 20.1. The Morgan fingerprint density at radius 3 is 2.86 bits per heavy atom. The zero-order valence-electron chi connectivity index (χ0n) is 11.9. The molecule has 1 heterocycles. The molecule has 0 saturated heterocycles. The summed E-state index contributed by atoms with van der Waals surface area (Å²) in [5.74, 6) is 0.0111. The van der Waals surface area contributed by atoms with E-state index in [4.69, 9.17) is 4.74 Å². The Morgan fingerprint density at radius 1 is 1.52 bits per heavy atom. The first-order valence-corrected chi connectivity index (χ1v) is 6.18. The summed E-state index contributed by atoms with van der Waals surface area (Å²) in [4.78, 5) is 10.4. The van der Waals surface area contributed by atoms with Crippen LogP contribution in [0.2, 0.25) is 0 Å². The van der Waals surface area contributed by atoms with Gasteiger partial charge in [0.25, 0.3) is 5.69 Å². The topological polar surface area (TPSA) is 82.2 Å². The Hall–Kier alpha value is -2.64. The van der Waals surface area contributed by atoms with E-state index in [1.807, 2.05) is 0 Å². The average molecular weight is 294 g/mol. The van der Waals surface area contributed by atoms with Crippen LogP contribution < -0.4 is 10.1 Å². The van der Waals surface area contributed by atoms with Crippen LogP contribution in [0, 0.1) is 22.9 Å². The third-order valence-electron chi connectivity index (χ3n) is 3.09. The van der Waals surface area contributed by atoms with Gasteiger partial charge in [-0.2, -0.15) is 5.10 Å². The second-order valence-electron chi connectivity index (χ2n) is 4.47. The van der Waals surface area contributed by atoms with Crippen LogP contribution in [-0.2, 0) is 13.6 Å². The van der Waals surface area contributed by atoms with Gasteiger partial charge in [-0.05, 0) is 13.0 Å². The van der Waals surface area contributed by atoms with Gasteiger partial charge in [0.1, 0.15) is 11.5 Å². The van der Waals surface area contributed by atoms with E-state index in [9.17, 15) is 14.5 Å². The van der Waals surface area contributed by atoms with Crippen molar-refractivity contribution in [3.8, 4) is 5.88 Å². The smallest absolute Gasteiger partial charge is 0.292 e.